The van der Waals surface area contributed by atoms with Crippen LogP contribution in [0.3, 0.4) is 0 Å². The van der Waals surface area contributed by atoms with Crippen LogP contribution in [0, 0.1) is 12.7 Å². The van der Waals surface area contributed by atoms with Gasteiger partial charge in [-0.1, -0.05) is 0 Å². The van der Waals surface area contributed by atoms with Gasteiger partial charge in [0.1, 0.15) is 11.6 Å². The van der Waals surface area contributed by atoms with E-state index in [9.17, 15) is 13.2 Å². The van der Waals surface area contributed by atoms with Gasteiger partial charge in [0.05, 0.1) is 0 Å². The van der Waals surface area contributed by atoms with Gasteiger partial charge in [-0.05, 0) is 67.2 Å². The highest BCUT2D eigenvalue weighted by Gasteiger charge is 2.07. The second-order valence-electron chi connectivity index (χ2n) is 4.44. The molecule has 0 saturated heterocycles. The number of anilines is 2. The molecular weight excluding hydrogens is 313 g/mol. The van der Waals surface area contributed by atoms with E-state index in [1.54, 1.807) is 25.1 Å². The van der Waals surface area contributed by atoms with Crippen molar-refractivity contribution in [1.82, 2.24) is 0 Å². The van der Waals surface area contributed by atoms with Crippen LogP contribution in [0.2, 0.25) is 0 Å². The number of halogens is 3. The maximum absolute atomic E-state index is 12.8. The van der Waals surface area contributed by atoms with Crippen LogP contribution in [0.4, 0.5) is 24.5 Å². The van der Waals surface area contributed by atoms with Crippen molar-refractivity contribution in [3.05, 3.63) is 53.8 Å². The Bertz CT molecular complexity index is 662. The van der Waals surface area contributed by atoms with Crippen molar-refractivity contribution in [2.75, 3.05) is 10.6 Å². The molecule has 0 unspecified atom stereocenters. The van der Waals surface area contributed by atoms with Crippen molar-refractivity contribution in [3.8, 4) is 5.75 Å². The summed E-state index contributed by atoms with van der Waals surface area (Å²) in [7, 11) is 0. The van der Waals surface area contributed by atoms with E-state index in [0.717, 1.165) is 0 Å². The van der Waals surface area contributed by atoms with Crippen LogP contribution in [-0.2, 0) is 0 Å². The van der Waals surface area contributed by atoms with Crippen molar-refractivity contribution in [2.45, 2.75) is 13.5 Å². The Balaban J connectivity index is 2.00. The van der Waals surface area contributed by atoms with E-state index < -0.39 is 6.61 Å². The van der Waals surface area contributed by atoms with Crippen LogP contribution in [-0.4, -0.2) is 11.7 Å². The van der Waals surface area contributed by atoms with Gasteiger partial charge < -0.3 is 15.4 Å². The Labute approximate surface area is 131 Å². The fourth-order valence-corrected chi connectivity index (χ4v) is 2.00. The summed E-state index contributed by atoms with van der Waals surface area (Å²) >= 11 is 5.15. The third kappa shape index (κ3) is 4.63. The second kappa shape index (κ2) is 7.13. The van der Waals surface area contributed by atoms with Gasteiger partial charge in [-0.3, -0.25) is 0 Å². The molecule has 7 heteroatoms. The minimum absolute atomic E-state index is 0.0791. The van der Waals surface area contributed by atoms with Gasteiger partial charge in [-0.2, -0.15) is 8.78 Å². The fraction of sp³-hybridized carbons (Fsp3) is 0.133. The monoisotopic (exact) mass is 326 g/mol. The summed E-state index contributed by atoms with van der Waals surface area (Å²) in [6.45, 7) is -1.12. The van der Waals surface area contributed by atoms with Gasteiger partial charge in [0.25, 0.3) is 0 Å². The van der Waals surface area contributed by atoms with Gasteiger partial charge in [0, 0.05) is 11.4 Å². The van der Waals surface area contributed by atoms with Crippen LogP contribution in [0.5, 0.6) is 5.75 Å². The number of thiocarbonyl (C=S) groups is 1. The third-order valence-corrected chi connectivity index (χ3v) is 2.98. The number of nitrogens with one attached hydrogen (secondary N) is 2. The van der Waals surface area contributed by atoms with Crippen LogP contribution in [0.25, 0.3) is 0 Å². The molecule has 3 nitrogen and oxygen atoms in total. The molecule has 0 spiro atoms. The lowest BCUT2D eigenvalue weighted by Gasteiger charge is -2.13. The van der Waals surface area contributed by atoms with E-state index in [4.69, 9.17) is 12.2 Å². The Morgan fingerprint density at radius 3 is 2.36 bits per heavy atom. The molecule has 2 N–H and O–H groups in total. The van der Waals surface area contributed by atoms with E-state index in [-0.39, 0.29) is 11.6 Å². The van der Waals surface area contributed by atoms with Gasteiger partial charge in [0.15, 0.2) is 5.11 Å². The van der Waals surface area contributed by atoms with Crippen molar-refractivity contribution >= 4 is 28.7 Å². The number of hydrogen-bond acceptors (Lipinski definition) is 2. The predicted molar refractivity (Wildman–Crippen MR) is 84.1 cm³/mol. The van der Waals surface area contributed by atoms with Crippen molar-refractivity contribution < 1.29 is 17.9 Å². The molecule has 0 aliphatic carbocycles. The SMILES string of the molecule is Cc1cc(OC(F)F)ccc1NC(=S)Nc1ccc(F)cc1. The second-order valence-corrected chi connectivity index (χ2v) is 4.85. The van der Waals surface area contributed by atoms with Crippen molar-refractivity contribution in [2.24, 2.45) is 0 Å². The normalized spacial score (nSPS) is 10.4. The first-order valence-corrected chi connectivity index (χ1v) is 6.74. The summed E-state index contributed by atoms with van der Waals surface area (Å²) < 4.78 is 41.4. The molecule has 0 saturated carbocycles. The molecule has 0 aliphatic heterocycles. The van der Waals surface area contributed by atoms with Crippen LogP contribution in [0.1, 0.15) is 5.56 Å². The maximum atomic E-state index is 12.8. The summed E-state index contributed by atoms with van der Waals surface area (Å²) in [5, 5.41) is 6.13. The molecule has 0 bridgehead atoms. The number of alkyl halides is 2. The largest absolute Gasteiger partial charge is 0.435 e. The summed E-state index contributed by atoms with van der Waals surface area (Å²) in [6.07, 6.45) is 0. The minimum atomic E-state index is -2.86. The standard InChI is InChI=1S/C15H13F3N2OS/c1-9-8-12(21-14(17)18)6-7-13(9)20-15(22)19-11-4-2-10(16)3-5-11/h2-8,14H,1H3,(H2,19,20,22). The lowest BCUT2D eigenvalue weighted by Crippen LogP contribution is -2.19. The summed E-state index contributed by atoms with van der Waals surface area (Å²) in [4.78, 5) is 0. The summed E-state index contributed by atoms with van der Waals surface area (Å²) in [5.74, 6) is -0.259. The smallest absolute Gasteiger partial charge is 0.387 e. The molecule has 0 amide bonds. The summed E-state index contributed by atoms with van der Waals surface area (Å²) in [5.41, 5.74) is 1.98. The first-order valence-electron chi connectivity index (χ1n) is 6.33. The van der Waals surface area contributed by atoms with E-state index in [0.29, 0.717) is 22.1 Å². The Hall–Kier alpha value is -2.28. The number of aryl methyl sites for hydroxylation is 1. The van der Waals surface area contributed by atoms with Crippen molar-refractivity contribution in [3.63, 3.8) is 0 Å². The van der Waals surface area contributed by atoms with Crippen LogP contribution in [0.15, 0.2) is 42.5 Å². The molecule has 0 fully saturated rings. The number of benzene rings is 2. The van der Waals surface area contributed by atoms with E-state index in [2.05, 4.69) is 15.4 Å². The first-order chi connectivity index (χ1) is 10.4. The van der Waals surface area contributed by atoms with E-state index in [1.165, 1.54) is 24.3 Å². The summed E-state index contributed by atoms with van der Waals surface area (Å²) in [6, 6.07) is 10.2. The Morgan fingerprint density at radius 2 is 1.77 bits per heavy atom. The Kier molecular flexibility index (Phi) is 5.21. The molecule has 0 radical (unpaired) electrons. The maximum Gasteiger partial charge on any atom is 0.387 e. The van der Waals surface area contributed by atoms with E-state index >= 15 is 0 Å². The molecule has 116 valence electrons. The number of hydrogen-bond donors (Lipinski definition) is 2. The molecule has 0 aromatic heterocycles. The fourth-order valence-electron chi connectivity index (χ4n) is 1.77. The lowest BCUT2D eigenvalue weighted by molar-refractivity contribution is -0.0498. The highest BCUT2D eigenvalue weighted by atomic mass is 32.1. The van der Waals surface area contributed by atoms with Crippen LogP contribution >= 0.6 is 12.2 Å². The zero-order valence-corrected chi connectivity index (χ0v) is 12.4. The zero-order chi connectivity index (χ0) is 16.1. The predicted octanol–water partition coefficient (Wildman–Crippen LogP) is 4.54. The highest BCUT2D eigenvalue weighted by Crippen LogP contribution is 2.23. The third-order valence-electron chi connectivity index (χ3n) is 2.77. The molecule has 0 atom stereocenters. The molecule has 2 rings (SSSR count). The molecular formula is C15H13F3N2OS. The van der Waals surface area contributed by atoms with E-state index in [1.807, 2.05) is 0 Å². The molecule has 22 heavy (non-hydrogen) atoms. The number of ether oxygens (including phenoxy) is 1. The average Bonchev–Trinajstić information content (AvgIpc) is 2.44. The highest BCUT2D eigenvalue weighted by molar-refractivity contribution is 7.80. The number of rotatable bonds is 4. The topological polar surface area (TPSA) is 33.3 Å². The quantitative estimate of drug-likeness (QED) is 0.808. The van der Waals surface area contributed by atoms with Crippen molar-refractivity contribution in [1.29, 1.82) is 0 Å². The molecule has 2 aromatic carbocycles. The van der Waals surface area contributed by atoms with Gasteiger partial charge in [0.2, 0.25) is 0 Å². The molecule has 0 aliphatic rings. The lowest BCUT2D eigenvalue weighted by atomic mass is 10.2. The van der Waals surface area contributed by atoms with Gasteiger partial charge >= 0.3 is 6.61 Å². The molecule has 2 aromatic rings. The first kappa shape index (κ1) is 16.1. The van der Waals surface area contributed by atoms with Gasteiger partial charge in [-0.15, -0.1) is 0 Å². The minimum Gasteiger partial charge on any atom is -0.435 e. The average molecular weight is 326 g/mol. The molecule has 0 heterocycles. The van der Waals surface area contributed by atoms with Gasteiger partial charge in [-0.25, -0.2) is 4.39 Å². The Morgan fingerprint density at radius 1 is 1.09 bits per heavy atom. The van der Waals surface area contributed by atoms with Crippen LogP contribution < -0.4 is 15.4 Å². The zero-order valence-electron chi connectivity index (χ0n) is 11.6.